The first kappa shape index (κ1) is 17.2. The summed E-state index contributed by atoms with van der Waals surface area (Å²) in [6.07, 6.45) is -0.150. The highest BCUT2D eigenvalue weighted by Gasteiger charge is 2.23. The van der Waals surface area contributed by atoms with E-state index in [4.69, 9.17) is 16.7 Å². The molecule has 0 amide bonds. The number of nitrogens with zero attached hydrogens (tertiary/aromatic N) is 3. The Morgan fingerprint density at radius 1 is 1.16 bits per heavy atom. The maximum atomic E-state index is 11.1. The van der Waals surface area contributed by atoms with Crippen LogP contribution in [0.2, 0.25) is 5.02 Å². The second kappa shape index (κ2) is 6.04. The van der Waals surface area contributed by atoms with E-state index in [1.807, 2.05) is 20.8 Å². The van der Waals surface area contributed by atoms with Gasteiger partial charge in [0.25, 0.3) is 0 Å². The summed E-state index contributed by atoms with van der Waals surface area (Å²) in [6, 6.07) is 8.45. The standard InChI is InChI=1S/C18H18ClN3O3/c1-18(2,3)12-6-10(8-16(23)24)7-15(17(12)25)22-20-13-5-4-11(19)9-14(13)21-22/h4-7,9,25H,8H2,1-3H3,(H,23,24). The summed E-state index contributed by atoms with van der Waals surface area (Å²) >= 11 is 5.98. The monoisotopic (exact) mass is 359 g/mol. The zero-order valence-electron chi connectivity index (χ0n) is 14.1. The summed E-state index contributed by atoms with van der Waals surface area (Å²) in [5, 5.41) is 29.1. The summed E-state index contributed by atoms with van der Waals surface area (Å²) in [7, 11) is 0. The van der Waals surface area contributed by atoms with Gasteiger partial charge in [-0.25, -0.2) is 0 Å². The zero-order valence-corrected chi connectivity index (χ0v) is 14.9. The number of fused-ring (bicyclic) bond motifs is 1. The van der Waals surface area contributed by atoms with Crippen LogP contribution in [0.25, 0.3) is 16.7 Å². The van der Waals surface area contributed by atoms with E-state index in [1.54, 1.807) is 30.3 Å². The lowest BCUT2D eigenvalue weighted by Crippen LogP contribution is -2.15. The average Bonchev–Trinajstić information content (AvgIpc) is 2.89. The molecule has 0 aliphatic rings. The Hall–Kier alpha value is -2.60. The molecule has 0 aliphatic heterocycles. The quantitative estimate of drug-likeness (QED) is 0.744. The number of hydrogen-bond donors (Lipinski definition) is 2. The van der Waals surface area contributed by atoms with Crippen molar-refractivity contribution in [2.24, 2.45) is 0 Å². The lowest BCUT2D eigenvalue weighted by molar-refractivity contribution is -0.136. The maximum absolute atomic E-state index is 11.1. The molecule has 0 aliphatic carbocycles. The van der Waals surface area contributed by atoms with Crippen LogP contribution in [0.1, 0.15) is 31.9 Å². The van der Waals surface area contributed by atoms with Gasteiger partial charge in [-0.15, -0.1) is 15.0 Å². The lowest BCUT2D eigenvalue weighted by Gasteiger charge is -2.22. The van der Waals surface area contributed by atoms with Crippen LogP contribution in [0, 0.1) is 0 Å². The number of phenolic OH excluding ortho intramolecular Hbond substituents is 1. The fraction of sp³-hybridized carbons (Fsp3) is 0.278. The van der Waals surface area contributed by atoms with Crippen LogP contribution in [-0.4, -0.2) is 31.2 Å². The molecular weight excluding hydrogens is 342 g/mol. The zero-order chi connectivity index (χ0) is 18.4. The second-order valence-electron chi connectivity index (χ2n) is 6.95. The van der Waals surface area contributed by atoms with Crippen LogP contribution in [0.3, 0.4) is 0 Å². The van der Waals surface area contributed by atoms with Crippen molar-refractivity contribution in [3.8, 4) is 11.4 Å². The average molecular weight is 360 g/mol. The van der Waals surface area contributed by atoms with Crippen molar-refractivity contribution in [2.75, 3.05) is 0 Å². The topological polar surface area (TPSA) is 88.2 Å². The highest BCUT2D eigenvalue weighted by Crippen LogP contribution is 2.36. The first-order valence-corrected chi connectivity index (χ1v) is 8.14. The van der Waals surface area contributed by atoms with Crippen LogP contribution in [0.4, 0.5) is 0 Å². The Balaban J connectivity index is 2.23. The molecule has 2 N–H and O–H groups in total. The largest absolute Gasteiger partial charge is 0.505 e. The Labute approximate surface area is 149 Å². The molecule has 1 heterocycles. The molecule has 25 heavy (non-hydrogen) atoms. The number of aromatic nitrogens is 3. The molecule has 1 aromatic heterocycles. The molecule has 6 nitrogen and oxygen atoms in total. The van der Waals surface area contributed by atoms with E-state index in [9.17, 15) is 9.90 Å². The lowest BCUT2D eigenvalue weighted by atomic mass is 9.84. The fourth-order valence-electron chi connectivity index (χ4n) is 2.67. The minimum absolute atomic E-state index is 0.0352. The van der Waals surface area contributed by atoms with Gasteiger partial charge in [0.2, 0.25) is 0 Å². The Morgan fingerprint density at radius 2 is 1.84 bits per heavy atom. The van der Waals surface area contributed by atoms with Crippen molar-refractivity contribution in [2.45, 2.75) is 32.6 Å². The molecule has 3 rings (SSSR count). The van der Waals surface area contributed by atoms with Gasteiger partial charge in [0.05, 0.1) is 6.42 Å². The second-order valence-corrected chi connectivity index (χ2v) is 7.39. The van der Waals surface area contributed by atoms with Gasteiger partial charge < -0.3 is 10.2 Å². The van der Waals surface area contributed by atoms with Crippen LogP contribution in [0.15, 0.2) is 30.3 Å². The fourth-order valence-corrected chi connectivity index (χ4v) is 2.84. The predicted octanol–water partition coefficient (Wildman–Crippen LogP) is 3.70. The number of carbonyl (C=O) groups is 1. The third-order valence-electron chi connectivity index (χ3n) is 3.87. The van der Waals surface area contributed by atoms with Crippen molar-refractivity contribution in [1.29, 1.82) is 0 Å². The minimum atomic E-state index is -0.943. The SMILES string of the molecule is CC(C)(C)c1cc(CC(=O)O)cc(-n2nc3ccc(Cl)cc3n2)c1O. The van der Waals surface area contributed by atoms with Crippen molar-refractivity contribution in [1.82, 2.24) is 15.0 Å². The molecular formula is C18H18ClN3O3. The molecule has 3 aromatic rings. The molecule has 7 heteroatoms. The van der Waals surface area contributed by atoms with Gasteiger partial charge >= 0.3 is 5.97 Å². The summed E-state index contributed by atoms with van der Waals surface area (Å²) < 4.78 is 0. The Kier molecular flexibility index (Phi) is 4.16. The van der Waals surface area contributed by atoms with Gasteiger partial charge in [-0.3, -0.25) is 4.79 Å². The molecule has 0 fully saturated rings. The predicted molar refractivity (Wildman–Crippen MR) is 95.6 cm³/mol. The van der Waals surface area contributed by atoms with Gasteiger partial charge in [-0.2, -0.15) is 0 Å². The molecule has 0 saturated carbocycles. The van der Waals surface area contributed by atoms with Crippen LogP contribution < -0.4 is 0 Å². The van der Waals surface area contributed by atoms with Crippen molar-refractivity contribution >= 4 is 28.6 Å². The number of hydrogen-bond acceptors (Lipinski definition) is 4. The Morgan fingerprint density at radius 3 is 2.48 bits per heavy atom. The molecule has 0 saturated heterocycles. The maximum Gasteiger partial charge on any atom is 0.307 e. The van der Waals surface area contributed by atoms with E-state index in [0.29, 0.717) is 32.9 Å². The van der Waals surface area contributed by atoms with Crippen molar-refractivity contribution < 1.29 is 15.0 Å². The van der Waals surface area contributed by atoms with Gasteiger partial charge in [0.15, 0.2) is 0 Å². The third-order valence-corrected chi connectivity index (χ3v) is 4.11. The van der Waals surface area contributed by atoms with E-state index in [2.05, 4.69) is 10.2 Å². The van der Waals surface area contributed by atoms with E-state index in [-0.39, 0.29) is 17.6 Å². The first-order chi connectivity index (χ1) is 11.6. The van der Waals surface area contributed by atoms with Gasteiger partial charge in [-0.1, -0.05) is 38.4 Å². The molecule has 0 spiro atoms. The molecule has 0 unspecified atom stereocenters. The van der Waals surface area contributed by atoms with E-state index in [1.165, 1.54) is 4.80 Å². The highest BCUT2D eigenvalue weighted by atomic mass is 35.5. The van der Waals surface area contributed by atoms with Gasteiger partial charge in [0.1, 0.15) is 22.5 Å². The highest BCUT2D eigenvalue weighted by molar-refractivity contribution is 6.31. The van der Waals surface area contributed by atoms with E-state index in [0.717, 1.165) is 0 Å². The Bertz CT molecular complexity index is 974. The molecule has 0 bridgehead atoms. The van der Waals surface area contributed by atoms with Crippen molar-refractivity contribution in [3.05, 3.63) is 46.5 Å². The summed E-state index contributed by atoms with van der Waals surface area (Å²) in [5.74, 6) is -0.907. The molecule has 0 radical (unpaired) electrons. The first-order valence-electron chi connectivity index (χ1n) is 7.76. The number of aromatic hydroxyl groups is 1. The van der Waals surface area contributed by atoms with Crippen LogP contribution in [-0.2, 0) is 16.6 Å². The van der Waals surface area contributed by atoms with Crippen LogP contribution in [0.5, 0.6) is 5.75 Å². The third kappa shape index (κ3) is 3.44. The summed E-state index contributed by atoms with van der Waals surface area (Å²) in [4.78, 5) is 12.4. The van der Waals surface area contributed by atoms with Crippen molar-refractivity contribution in [3.63, 3.8) is 0 Å². The number of halogens is 1. The molecule has 0 atom stereocenters. The van der Waals surface area contributed by atoms with Gasteiger partial charge in [0, 0.05) is 10.6 Å². The number of aliphatic carboxylic acids is 1. The van der Waals surface area contributed by atoms with Gasteiger partial charge in [-0.05, 0) is 35.2 Å². The number of carboxylic acid groups (broad SMARTS) is 1. The molecule has 2 aromatic carbocycles. The number of benzene rings is 2. The van der Waals surface area contributed by atoms with Crippen LogP contribution >= 0.6 is 11.6 Å². The minimum Gasteiger partial charge on any atom is -0.505 e. The summed E-state index contributed by atoms with van der Waals surface area (Å²) in [6.45, 7) is 5.84. The number of rotatable bonds is 3. The number of phenols is 1. The number of carboxylic acids is 1. The normalized spacial score (nSPS) is 11.8. The smallest absolute Gasteiger partial charge is 0.307 e. The van der Waals surface area contributed by atoms with E-state index >= 15 is 0 Å². The van der Waals surface area contributed by atoms with E-state index < -0.39 is 5.97 Å². The molecule has 130 valence electrons. The summed E-state index contributed by atoms with van der Waals surface area (Å²) in [5.41, 5.74) is 2.40.